The summed E-state index contributed by atoms with van der Waals surface area (Å²) in [6, 6.07) is 16.2. The molecule has 0 spiro atoms. The molecule has 0 bridgehead atoms. The standard InChI is InChI=1S/C19H20N2O3/c1-13(22)21-12-11-16(15-9-5-6-10-17(15)21)20-19(24)18(23)14-7-3-2-4-8-14/h2-10,16,18,23H,11-12H2,1H3,(H,20,24)/t16-,18-/m1/s1. The first-order chi connectivity index (χ1) is 11.6. The van der Waals surface area contributed by atoms with Gasteiger partial charge in [-0.25, -0.2) is 0 Å². The fraction of sp³-hybridized carbons (Fsp3) is 0.263. The fourth-order valence-electron chi connectivity index (χ4n) is 3.08. The number of aliphatic hydroxyl groups excluding tert-OH is 1. The molecule has 3 rings (SSSR count). The number of anilines is 1. The van der Waals surface area contributed by atoms with Gasteiger partial charge in [-0.05, 0) is 23.6 Å². The molecule has 0 aliphatic carbocycles. The van der Waals surface area contributed by atoms with E-state index in [2.05, 4.69) is 5.32 Å². The van der Waals surface area contributed by atoms with Crippen molar-refractivity contribution in [2.75, 3.05) is 11.4 Å². The lowest BCUT2D eigenvalue weighted by atomic mass is 9.95. The first-order valence-electron chi connectivity index (χ1n) is 7.98. The minimum absolute atomic E-state index is 0.0171. The van der Waals surface area contributed by atoms with Gasteiger partial charge in [-0.3, -0.25) is 9.59 Å². The van der Waals surface area contributed by atoms with Gasteiger partial charge >= 0.3 is 0 Å². The highest BCUT2D eigenvalue weighted by Gasteiger charge is 2.29. The summed E-state index contributed by atoms with van der Waals surface area (Å²) in [6.07, 6.45) is -0.590. The minimum Gasteiger partial charge on any atom is -0.378 e. The Hall–Kier alpha value is -2.66. The molecule has 2 N–H and O–H groups in total. The average molecular weight is 324 g/mol. The van der Waals surface area contributed by atoms with Gasteiger partial charge in [-0.2, -0.15) is 0 Å². The van der Waals surface area contributed by atoms with Gasteiger partial charge < -0.3 is 15.3 Å². The van der Waals surface area contributed by atoms with E-state index < -0.39 is 12.0 Å². The van der Waals surface area contributed by atoms with Crippen LogP contribution < -0.4 is 10.2 Å². The van der Waals surface area contributed by atoms with E-state index in [1.54, 1.807) is 29.2 Å². The normalized spacial score (nSPS) is 17.8. The fourth-order valence-corrected chi connectivity index (χ4v) is 3.08. The SMILES string of the molecule is CC(=O)N1CC[C@@H](NC(=O)[C@H](O)c2ccccc2)c2ccccc21. The van der Waals surface area contributed by atoms with Crippen LogP contribution in [0.2, 0.25) is 0 Å². The van der Waals surface area contributed by atoms with Gasteiger partial charge in [0.15, 0.2) is 6.10 Å². The Morgan fingerprint density at radius 1 is 1.12 bits per heavy atom. The number of para-hydroxylation sites is 1. The van der Waals surface area contributed by atoms with Crippen molar-refractivity contribution >= 4 is 17.5 Å². The second-order valence-corrected chi connectivity index (χ2v) is 5.89. The van der Waals surface area contributed by atoms with Crippen LogP contribution >= 0.6 is 0 Å². The molecule has 0 saturated heterocycles. The number of carbonyl (C=O) groups is 2. The zero-order valence-corrected chi connectivity index (χ0v) is 13.5. The molecular formula is C19H20N2O3. The second kappa shape index (κ2) is 6.84. The van der Waals surface area contributed by atoms with E-state index in [1.807, 2.05) is 30.3 Å². The van der Waals surface area contributed by atoms with Crippen LogP contribution in [0.15, 0.2) is 54.6 Å². The van der Waals surface area contributed by atoms with Crippen LogP contribution in [-0.2, 0) is 9.59 Å². The highest BCUT2D eigenvalue weighted by Crippen LogP contribution is 2.34. The predicted molar refractivity (Wildman–Crippen MR) is 91.4 cm³/mol. The maximum Gasteiger partial charge on any atom is 0.253 e. The molecule has 0 radical (unpaired) electrons. The molecule has 2 amide bonds. The molecule has 0 saturated carbocycles. The highest BCUT2D eigenvalue weighted by molar-refractivity contribution is 5.93. The summed E-state index contributed by atoms with van der Waals surface area (Å²) >= 11 is 0. The Balaban J connectivity index is 1.79. The molecule has 2 aromatic carbocycles. The summed E-state index contributed by atoms with van der Waals surface area (Å²) in [5.41, 5.74) is 2.27. The summed E-state index contributed by atoms with van der Waals surface area (Å²) in [6.45, 7) is 2.08. The van der Waals surface area contributed by atoms with Crippen molar-refractivity contribution in [3.05, 3.63) is 65.7 Å². The van der Waals surface area contributed by atoms with Crippen LogP contribution in [-0.4, -0.2) is 23.5 Å². The summed E-state index contributed by atoms with van der Waals surface area (Å²) in [5.74, 6) is -0.450. The molecule has 2 aromatic rings. The Kier molecular flexibility index (Phi) is 4.62. The summed E-state index contributed by atoms with van der Waals surface area (Å²) < 4.78 is 0. The monoisotopic (exact) mass is 324 g/mol. The Morgan fingerprint density at radius 3 is 2.50 bits per heavy atom. The van der Waals surface area contributed by atoms with Crippen molar-refractivity contribution in [3.63, 3.8) is 0 Å². The van der Waals surface area contributed by atoms with E-state index in [-0.39, 0.29) is 11.9 Å². The average Bonchev–Trinajstić information content (AvgIpc) is 2.61. The third kappa shape index (κ3) is 3.16. The Bertz CT molecular complexity index is 745. The lowest BCUT2D eigenvalue weighted by molar-refractivity contribution is -0.130. The molecule has 1 aliphatic heterocycles. The molecule has 0 aromatic heterocycles. The number of benzene rings is 2. The lowest BCUT2D eigenvalue weighted by Crippen LogP contribution is -2.41. The summed E-state index contributed by atoms with van der Waals surface area (Å²) in [5, 5.41) is 13.1. The summed E-state index contributed by atoms with van der Waals surface area (Å²) in [7, 11) is 0. The Morgan fingerprint density at radius 2 is 1.79 bits per heavy atom. The van der Waals surface area contributed by atoms with Crippen LogP contribution in [0, 0.1) is 0 Å². The van der Waals surface area contributed by atoms with E-state index >= 15 is 0 Å². The number of amides is 2. The lowest BCUT2D eigenvalue weighted by Gasteiger charge is -2.34. The Labute approximate surface area is 140 Å². The van der Waals surface area contributed by atoms with Crippen molar-refractivity contribution in [2.45, 2.75) is 25.5 Å². The molecular weight excluding hydrogens is 304 g/mol. The number of aliphatic hydroxyl groups is 1. The van der Waals surface area contributed by atoms with E-state index in [1.165, 1.54) is 6.92 Å². The topological polar surface area (TPSA) is 69.6 Å². The van der Waals surface area contributed by atoms with Crippen LogP contribution in [0.1, 0.15) is 36.6 Å². The predicted octanol–water partition coefficient (Wildman–Crippen LogP) is 2.33. The van der Waals surface area contributed by atoms with Gasteiger partial charge in [0.1, 0.15) is 0 Å². The third-order valence-corrected chi connectivity index (χ3v) is 4.30. The van der Waals surface area contributed by atoms with Crippen LogP contribution in [0.3, 0.4) is 0 Å². The number of nitrogens with zero attached hydrogens (tertiary/aromatic N) is 1. The third-order valence-electron chi connectivity index (χ3n) is 4.30. The summed E-state index contributed by atoms with van der Waals surface area (Å²) in [4.78, 5) is 25.9. The maximum atomic E-state index is 12.4. The molecule has 5 nitrogen and oxygen atoms in total. The number of hydrogen-bond acceptors (Lipinski definition) is 3. The number of fused-ring (bicyclic) bond motifs is 1. The highest BCUT2D eigenvalue weighted by atomic mass is 16.3. The number of rotatable bonds is 3. The van der Waals surface area contributed by atoms with Crippen LogP contribution in [0.5, 0.6) is 0 Å². The number of carbonyl (C=O) groups excluding carboxylic acids is 2. The smallest absolute Gasteiger partial charge is 0.253 e. The van der Waals surface area contributed by atoms with Crippen molar-refractivity contribution in [3.8, 4) is 0 Å². The van der Waals surface area contributed by atoms with Gasteiger partial charge in [-0.1, -0.05) is 48.5 Å². The van der Waals surface area contributed by atoms with E-state index in [0.29, 0.717) is 18.5 Å². The zero-order valence-electron chi connectivity index (χ0n) is 13.5. The molecule has 0 unspecified atom stereocenters. The maximum absolute atomic E-state index is 12.4. The van der Waals surface area contributed by atoms with E-state index in [9.17, 15) is 14.7 Å². The van der Waals surface area contributed by atoms with Crippen LogP contribution in [0.4, 0.5) is 5.69 Å². The quantitative estimate of drug-likeness (QED) is 0.910. The molecule has 124 valence electrons. The van der Waals surface area contributed by atoms with Gasteiger partial charge in [0.05, 0.1) is 6.04 Å². The first kappa shape index (κ1) is 16.2. The van der Waals surface area contributed by atoms with Crippen LogP contribution in [0.25, 0.3) is 0 Å². The van der Waals surface area contributed by atoms with Gasteiger partial charge in [0.2, 0.25) is 5.91 Å². The molecule has 1 heterocycles. The zero-order chi connectivity index (χ0) is 17.1. The van der Waals surface area contributed by atoms with E-state index in [4.69, 9.17) is 0 Å². The van der Waals surface area contributed by atoms with Crippen molar-refractivity contribution < 1.29 is 14.7 Å². The van der Waals surface area contributed by atoms with Crippen molar-refractivity contribution in [1.29, 1.82) is 0 Å². The van der Waals surface area contributed by atoms with E-state index in [0.717, 1.165) is 11.3 Å². The molecule has 0 fully saturated rings. The molecule has 5 heteroatoms. The molecule has 1 aliphatic rings. The van der Waals surface area contributed by atoms with Gasteiger partial charge in [0, 0.05) is 19.2 Å². The van der Waals surface area contributed by atoms with Gasteiger partial charge in [0.25, 0.3) is 5.91 Å². The van der Waals surface area contributed by atoms with Gasteiger partial charge in [-0.15, -0.1) is 0 Å². The largest absolute Gasteiger partial charge is 0.378 e. The number of nitrogens with one attached hydrogen (secondary N) is 1. The molecule has 24 heavy (non-hydrogen) atoms. The number of hydrogen-bond donors (Lipinski definition) is 2. The van der Waals surface area contributed by atoms with Crippen molar-refractivity contribution in [2.24, 2.45) is 0 Å². The second-order valence-electron chi connectivity index (χ2n) is 5.89. The first-order valence-corrected chi connectivity index (χ1v) is 7.98. The van der Waals surface area contributed by atoms with Crippen molar-refractivity contribution in [1.82, 2.24) is 5.32 Å². The molecule has 2 atom stereocenters. The minimum atomic E-state index is -1.20.